The minimum atomic E-state index is -0.480. The van der Waals surface area contributed by atoms with E-state index in [1.54, 1.807) is 0 Å². The molecule has 0 aliphatic heterocycles. The third-order valence-electron chi connectivity index (χ3n) is 3.96. The van der Waals surface area contributed by atoms with Crippen molar-refractivity contribution >= 4 is 5.91 Å². The molecule has 15 heavy (non-hydrogen) atoms. The molecule has 0 heterocycles. The van der Waals surface area contributed by atoms with E-state index >= 15 is 0 Å². The Hall–Kier alpha value is -0.570. The second-order valence-electron chi connectivity index (χ2n) is 5.32. The molecule has 0 aromatic carbocycles. The van der Waals surface area contributed by atoms with Gasteiger partial charge in [0, 0.05) is 0 Å². The summed E-state index contributed by atoms with van der Waals surface area (Å²) in [5.74, 6) is 1.27. The van der Waals surface area contributed by atoms with E-state index in [0.717, 1.165) is 12.8 Å². The second kappa shape index (κ2) is 4.52. The van der Waals surface area contributed by atoms with Crippen LogP contribution in [0.5, 0.6) is 0 Å². The van der Waals surface area contributed by atoms with E-state index in [2.05, 4.69) is 26.1 Å². The molecule has 0 aromatic heterocycles. The van der Waals surface area contributed by atoms with Crippen LogP contribution in [0.4, 0.5) is 0 Å². The van der Waals surface area contributed by atoms with Crippen LogP contribution in [0.1, 0.15) is 40.0 Å². The average molecular weight is 212 g/mol. The van der Waals surface area contributed by atoms with Gasteiger partial charge in [0.1, 0.15) is 5.54 Å². The monoisotopic (exact) mass is 212 g/mol. The maximum atomic E-state index is 11.7. The van der Waals surface area contributed by atoms with Crippen molar-refractivity contribution < 1.29 is 4.79 Å². The lowest BCUT2D eigenvalue weighted by Gasteiger charge is -2.46. The first-order valence-corrected chi connectivity index (χ1v) is 5.93. The van der Waals surface area contributed by atoms with Crippen LogP contribution < -0.4 is 11.1 Å². The molecule has 3 unspecified atom stereocenters. The zero-order chi connectivity index (χ0) is 11.6. The highest BCUT2D eigenvalue weighted by Gasteiger charge is 2.47. The van der Waals surface area contributed by atoms with Crippen molar-refractivity contribution in [3.63, 3.8) is 0 Å². The number of amides is 1. The summed E-state index contributed by atoms with van der Waals surface area (Å²) in [6.45, 7) is 6.55. The molecule has 3 heteroatoms. The molecule has 3 atom stereocenters. The fraction of sp³-hybridized carbons (Fsp3) is 0.917. The van der Waals surface area contributed by atoms with Gasteiger partial charge in [0.05, 0.1) is 0 Å². The molecule has 0 spiro atoms. The van der Waals surface area contributed by atoms with Gasteiger partial charge in [0.15, 0.2) is 0 Å². The zero-order valence-electron chi connectivity index (χ0n) is 10.3. The summed E-state index contributed by atoms with van der Waals surface area (Å²) in [6.07, 6.45) is 3.18. The van der Waals surface area contributed by atoms with Gasteiger partial charge in [-0.05, 0) is 37.6 Å². The Morgan fingerprint density at radius 2 is 2.07 bits per heavy atom. The fourth-order valence-corrected chi connectivity index (χ4v) is 3.11. The number of primary amides is 1. The molecule has 1 aliphatic rings. The predicted octanol–water partition coefficient (Wildman–Crippen LogP) is 1.52. The van der Waals surface area contributed by atoms with Gasteiger partial charge in [0.25, 0.3) is 0 Å². The number of rotatable bonds is 3. The van der Waals surface area contributed by atoms with Gasteiger partial charge in [-0.1, -0.05) is 27.2 Å². The van der Waals surface area contributed by atoms with Gasteiger partial charge >= 0.3 is 0 Å². The summed E-state index contributed by atoms with van der Waals surface area (Å²) >= 11 is 0. The lowest BCUT2D eigenvalue weighted by molar-refractivity contribution is -0.130. The molecule has 0 aromatic rings. The summed E-state index contributed by atoms with van der Waals surface area (Å²) in [5.41, 5.74) is 5.12. The molecule has 88 valence electrons. The minimum Gasteiger partial charge on any atom is -0.368 e. The third kappa shape index (κ3) is 2.17. The zero-order valence-corrected chi connectivity index (χ0v) is 10.3. The topological polar surface area (TPSA) is 55.1 Å². The predicted molar refractivity (Wildman–Crippen MR) is 62.3 cm³/mol. The van der Waals surface area contributed by atoms with Gasteiger partial charge in [-0.2, -0.15) is 0 Å². The molecule has 1 aliphatic carbocycles. The Balaban J connectivity index is 2.99. The average Bonchev–Trinajstić information content (AvgIpc) is 2.16. The third-order valence-corrected chi connectivity index (χ3v) is 3.96. The summed E-state index contributed by atoms with van der Waals surface area (Å²) in [4.78, 5) is 11.7. The van der Waals surface area contributed by atoms with Crippen molar-refractivity contribution in [3.8, 4) is 0 Å². The highest BCUT2D eigenvalue weighted by atomic mass is 16.1. The van der Waals surface area contributed by atoms with Crippen molar-refractivity contribution in [2.45, 2.75) is 45.6 Å². The number of hydrogen-bond acceptors (Lipinski definition) is 2. The van der Waals surface area contributed by atoms with Crippen LogP contribution in [0.2, 0.25) is 0 Å². The molecule has 3 nitrogen and oxygen atoms in total. The lowest BCUT2D eigenvalue weighted by Crippen LogP contribution is -2.62. The van der Waals surface area contributed by atoms with Gasteiger partial charge < -0.3 is 11.1 Å². The van der Waals surface area contributed by atoms with Gasteiger partial charge in [-0.25, -0.2) is 0 Å². The highest BCUT2D eigenvalue weighted by molar-refractivity contribution is 5.85. The summed E-state index contributed by atoms with van der Waals surface area (Å²) in [5, 5.41) is 3.20. The Morgan fingerprint density at radius 3 is 2.47 bits per heavy atom. The Bertz CT molecular complexity index is 240. The number of hydrogen-bond donors (Lipinski definition) is 2. The highest BCUT2D eigenvalue weighted by Crippen LogP contribution is 2.40. The molecule has 0 bridgehead atoms. The van der Waals surface area contributed by atoms with E-state index in [1.165, 1.54) is 6.42 Å². The van der Waals surface area contributed by atoms with Crippen molar-refractivity contribution in [1.82, 2.24) is 5.32 Å². The van der Waals surface area contributed by atoms with E-state index < -0.39 is 5.54 Å². The van der Waals surface area contributed by atoms with E-state index in [9.17, 15) is 4.79 Å². The quantitative estimate of drug-likeness (QED) is 0.745. The van der Waals surface area contributed by atoms with Crippen LogP contribution in [-0.2, 0) is 4.79 Å². The van der Waals surface area contributed by atoms with Crippen molar-refractivity contribution in [3.05, 3.63) is 0 Å². The van der Waals surface area contributed by atoms with E-state index in [1.807, 2.05) is 7.05 Å². The van der Waals surface area contributed by atoms with Crippen LogP contribution >= 0.6 is 0 Å². The van der Waals surface area contributed by atoms with Crippen molar-refractivity contribution in [2.75, 3.05) is 7.05 Å². The van der Waals surface area contributed by atoms with Crippen LogP contribution in [0.25, 0.3) is 0 Å². The van der Waals surface area contributed by atoms with Crippen LogP contribution in [-0.4, -0.2) is 18.5 Å². The summed E-state index contributed by atoms with van der Waals surface area (Å²) < 4.78 is 0. The summed E-state index contributed by atoms with van der Waals surface area (Å²) in [7, 11) is 1.86. The number of nitrogens with two attached hydrogens (primary N) is 1. The van der Waals surface area contributed by atoms with Crippen LogP contribution in [0.3, 0.4) is 0 Å². The van der Waals surface area contributed by atoms with Gasteiger partial charge in [-0.15, -0.1) is 0 Å². The summed E-state index contributed by atoms with van der Waals surface area (Å²) in [6, 6.07) is 0. The number of nitrogens with one attached hydrogen (secondary N) is 1. The van der Waals surface area contributed by atoms with Gasteiger partial charge in [-0.3, -0.25) is 4.79 Å². The second-order valence-corrected chi connectivity index (χ2v) is 5.32. The Morgan fingerprint density at radius 1 is 1.47 bits per heavy atom. The molecule has 1 rings (SSSR count). The van der Waals surface area contributed by atoms with E-state index in [-0.39, 0.29) is 5.91 Å². The standard InChI is InChI=1S/C12H24N2O/c1-8(2)10-6-5-9(3)7-12(10,14-4)11(13)15/h8-10,14H,5-7H2,1-4H3,(H2,13,15). The van der Waals surface area contributed by atoms with Gasteiger partial charge in [0.2, 0.25) is 5.91 Å². The first-order valence-electron chi connectivity index (χ1n) is 5.93. The number of likely N-dealkylation sites (N-methyl/N-ethyl adjacent to an activating group) is 1. The Labute approximate surface area is 92.8 Å². The minimum absolute atomic E-state index is 0.185. The first kappa shape index (κ1) is 12.5. The largest absolute Gasteiger partial charge is 0.368 e. The van der Waals surface area contributed by atoms with Crippen molar-refractivity contribution in [1.29, 1.82) is 0 Å². The molecule has 1 fully saturated rings. The molecule has 0 saturated heterocycles. The maximum absolute atomic E-state index is 11.7. The van der Waals surface area contributed by atoms with E-state index in [4.69, 9.17) is 5.73 Å². The smallest absolute Gasteiger partial charge is 0.238 e. The SMILES string of the molecule is CNC1(C(N)=O)CC(C)CCC1C(C)C. The molecule has 1 saturated carbocycles. The van der Waals surface area contributed by atoms with Crippen LogP contribution in [0, 0.1) is 17.8 Å². The fourth-order valence-electron chi connectivity index (χ4n) is 3.11. The number of carbonyl (C=O) groups excluding carboxylic acids is 1. The Kier molecular flexibility index (Phi) is 3.77. The van der Waals surface area contributed by atoms with Crippen LogP contribution in [0.15, 0.2) is 0 Å². The molecule has 1 amide bonds. The lowest BCUT2D eigenvalue weighted by atomic mass is 9.64. The molecule has 3 N–H and O–H groups in total. The maximum Gasteiger partial charge on any atom is 0.238 e. The van der Waals surface area contributed by atoms with Crippen molar-refractivity contribution in [2.24, 2.45) is 23.5 Å². The number of carbonyl (C=O) groups is 1. The molecule has 0 radical (unpaired) electrons. The molecular formula is C12H24N2O. The normalized spacial score (nSPS) is 36.9. The van der Waals surface area contributed by atoms with E-state index in [0.29, 0.717) is 17.8 Å². The first-order chi connectivity index (χ1) is 6.94. The molecular weight excluding hydrogens is 188 g/mol.